The number of aliphatic hydroxyl groups is 1. The number of aliphatic hydroxyl groups excluding tert-OH is 1. The van der Waals surface area contributed by atoms with E-state index >= 15 is 0 Å². The SMILES string of the molecule is CC(O)Cn1c(Br)nc2c1c(=O)n(C)c(=O)n2C. The summed E-state index contributed by atoms with van der Waals surface area (Å²) in [6.07, 6.45) is -0.624. The van der Waals surface area contributed by atoms with Gasteiger partial charge in [0.2, 0.25) is 0 Å². The van der Waals surface area contributed by atoms with Crippen molar-refractivity contribution in [1.82, 2.24) is 18.7 Å². The van der Waals surface area contributed by atoms with Gasteiger partial charge in [0, 0.05) is 14.1 Å². The molecule has 8 heteroatoms. The van der Waals surface area contributed by atoms with E-state index in [9.17, 15) is 14.7 Å². The average Bonchev–Trinajstić information content (AvgIpc) is 2.61. The number of imidazole rings is 1. The summed E-state index contributed by atoms with van der Waals surface area (Å²) in [5, 5.41) is 9.45. The van der Waals surface area contributed by atoms with Crippen molar-refractivity contribution in [2.45, 2.75) is 19.6 Å². The van der Waals surface area contributed by atoms with E-state index in [1.807, 2.05) is 0 Å². The number of hydrogen-bond acceptors (Lipinski definition) is 4. The van der Waals surface area contributed by atoms with Gasteiger partial charge in [0.1, 0.15) is 0 Å². The zero-order valence-electron chi connectivity index (χ0n) is 10.2. The number of hydrogen-bond donors (Lipinski definition) is 1. The number of aryl methyl sites for hydroxylation is 1. The van der Waals surface area contributed by atoms with E-state index in [0.717, 1.165) is 4.57 Å². The van der Waals surface area contributed by atoms with E-state index in [0.29, 0.717) is 15.9 Å². The summed E-state index contributed by atoms with van der Waals surface area (Å²) in [5.74, 6) is 0. The maximum atomic E-state index is 12.1. The fraction of sp³-hybridized carbons (Fsp3) is 0.500. The van der Waals surface area contributed by atoms with Gasteiger partial charge < -0.3 is 9.67 Å². The Morgan fingerprint density at radius 2 is 1.94 bits per heavy atom. The predicted molar refractivity (Wildman–Crippen MR) is 69.6 cm³/mol. The van der Waals surface area contributed by atoms with Crippen molar-refractivity contribution in [2.75, 3.05) is 0 Å². The summed E-state index contributed by atoms with van der Waals surface area (Å²) in [4.78, 5) is 28.0. The van der Waals surface area contributed by atoms with Crippen molar-refractivity contribution in [3.05, 3.63) is 25.6 Å². The van der Waals surface area contributed by atoms with E-state index in [2.05, 4.69) is 20.9 Å². The minimum absolute atomic E-state index is 0.227. The molecular formula is C10H13BrN4O3. The third-order valence-electron chi connectivity index (χ3n) is 2.75. The van der Waals surface area contributed by atoms with Crippen LogP contribution < -0.4 is 11.2 Å². The highest BCUT2D eigenvalue weighted by atomic mass is 79.9. The van der Waals surface area contributed by atoms with Crippen molar-refractivity contribution in [3.8, 4) is 0 Å². The second-order valence-corrected chi connectivity index (χ2v) is 4.93. The molecule has 0 amide bonds. The largest absolute Gasteiger partial charge is 0.392 e. The number of aromatic nitrogens is 4. The molecule has 0 spiro atoms. The van der Waals surface area contributed by atoms with Crippen molar-refractivity contribution in [3.63, 3.8) is 0 Å². The van der Waals surface area contributed by atoms with Gasteiger partial charge in [0.05, 0.1) is 12.6 Å². The second-order valence-electron chi connectivity index (χ2n) is 4.22. The van der Waals surface area contributed by atoms with Crippen molar-refractivity contribution in [2.24, 2.45) is 14.1 Å². The zero-order valence-corrected chi connectivity index (χ0v) is 11.8. The molecule has 0 aromatic carbocycles. The molecule has 2 aromatic rings. The highest BCUT2D eigenvalue weighted by Gasteiger charge is 2.18. The Bertz CT molecular complexity index is 725. The van der Waals surface area contributed by atoms with E-state index in [-0.39, 0.29) is 6.54 Å². The molecule has 0 fully saturated rings. The van der Waals surface area contributed by atoms with Crippen LogP contribution in [0.2, 0.25) is 0 Å². The van der Waals surface area contributed by atoms with Gasteiger partial charge in [-0.2, -0.15) is 0 Å². The molecule has 98 valence electrons. The molecule has 0 aliphatic rings. The van der Waals surface area contributed by atoms with Gasteiger partial charge in [0.15, 0.2) is 15.9 Å². The van der Waals surface area contributed by atoms with Crippen LogP contribution >= 0.6 is 15.9 Å². The fourth-order valence-electron chi connectivity index (χ4n) is 1.85. The minimum atomic E-state index is -0.624. The summed E-state index contributed by atoms with van der Waals surface area (Å²) >= 11 is 3.23. The molecule has 2 heterocycles. The Hall–Kier alpha value is -1.41. The van der Waals surface area contributed by atoms with Crippen LogP contribution in [-0.4, -0.2) is 29.9 Å². The fourth-order valence-corrected chi connectivity index (χ4v) is 2.34. The summed E-state index contributed by atoms with van der Waals surface area (Å²) < 4.78 is 4.30. The van der Waals surface area contributed by atoms with Crippen LogP contribution in [0.1, 0.15) is 6.92 Å². The second kappa shape index (κ2) is 4.36. The molecule has 1 atom stereocenters. The van der Waals surface area contributed by atoms with Crippen LogP contribution in [0.3, 0.4) is 0 Å². The first-order valence-electron chi connectivity index (χ1n) is 5.34. The molecule has 2 aromatic heterocycles. The van der Waals surface area contributed by atoms with Gasteiger partial charge in [0.25, 0.3) is 5.56 Å². The highest BCUT2D eigenvalue weighted by Crippen LogP contribution is 2.16. The number of rotatable bonds is 2. The lowest BCUT2D eigenvalue weighted by Crippen LogP contribution is -2.37. The molecule has 1 unspecified atom stereocenters. The van der Waals surface area contributed by atoms with Crippen LogP contribution in [0.5, 0.6) is 0 Å². The Labute approximate surface area is 110 Å². The summed E-state index contributed by atoms with van der Waals surface area (Å²) in [6.45, 7) is 1.84. The Morgan fingerprint density at radius 3 is 2.50 bits per heavy atom. The van der Waals surface area contributed by atoms with Gasteiger partial charge >= 0.3 is 5.69 Å². The third kappa shape index (κ3) is 1.81. The molecule has 2 rings (SSSR count). The maximum absolute atomic E-state index is 12.1. The first kappa shape index (κ1) is 13.0. The lowest BCUT2D eigenvalue weighted by molar-refractivity contribution is 0.174. The van der Waals surface area contributed by atoms with Crippen molar-refractivity contribution < 1.29 is 5.11 Å². The third-order valence-corrected chi connectivity index (χ3v) is 3.35. The van der Waals surface area contributed by atoms with E-state index in [1.165, 1.54) is 11.6 Å². The predicted octanol–water partition coefficient (Wildman–Crippen LogP) is -0.423. The lowest BCUT2D eigenvalue weighted by atomic mass is 10.4. The standard InChI is InChI=1S/C10H13BrN4O3/c1-5(16)4-15-6-7(12-9(15)11)13(2)10(18)14(3)8(6)17/h5,16H,4H2,1-3H3. The van der Waals surface area contributed by atoms with E-state index in [4.69, 9.17) is 0 Å². The van der Waals surface area contributed by atoms with Crippen LogP contribution in [0.25, 0.3) is 11.2 Å². The Morgan fingerprint density at radius 1 is 1.33 bits per heavy atom. The van der Waals surface area contributed by atoms with Crippen LogP contribution in [-0.2, 0) is 20.6 Å². The first-order valence-corrected chi connectivity index (χ1v) is 6.13. The molecule has 0 bridgehead atoms. The molecule has 7 nitrogen and oxygen atoms in total. The van der Waals surface area contributed by atoms with Crippen LogP contribution in [0.15, 0.2) is 14.3 Å². The molecule has 0 saturated carbocycles. The van der Waals surface area contributed by atoms with Crippen LogP contribution in [0.4, 0.5) is 0 Å². The molecule has 0 aliphatic heterocycles. The van der Waals surface area contributed by atoms with Gasteiger partial charge in [-0.25, -0.2) is 9.78 Å². The maximum Gasteiger partial charge on any atom is 0.332 e. The molecule has 18 heavy (non-hydrogen) atoms. The van der Waals surface area contributed by atoms with E-state index < -0.39 is 17.4 Å². The molecular weight excluding hydrogens is 304 g/mol. The van der Waals surface area contributed by atoms with Gasteiger partial charge in [-0.15, -0.1) is 0 Å². The minimum Gasteiger partial charge on any atom is -0.392 e. The monoisotopic (exact) mass is 316 g/mol. The topological polar surface area (TPSA) is 82.1 Å². The average molecular weight is 317 g/mol. The molecule has 0 aliphatic carbocycles. The Kier molecular flexibility index (Phi) is 3.16. The Balaban J connectivity index is 2.95. The molecule has 0 radical (unpaired) electrons. The summed E-state index contributed by atoms with van der Waals surface area (Å²) in [6, 6.07) is 0. The normalized spacial score (nSPS) is 13.2. The van der Waals surface area contributed by atoms with Gasteiger partial charge in [-0.3, -0.25) is 13.9 Å². The zero-order chi connectivity index (χ0) is 13.6. The smallest absolute Gasteiger partial charge is 0.332 e. The quantitative estimate of drug-likeness (QED) is 0.763. The number of fused-ring (bicyclic) bond motifs is 1. The van der Waals surface area contributed by atoms with E-state index in [1.54, 1.807) is 18.5 Å². The summed E-state index contributed by atoms with van der Waals surface area (Å²) in [7, 11) is 2.97. The highest BCUT2D eigenvalue weighted by molar-refractivity contribution is 9.10. The molecule has 1 N–H and O–H groups in total. The van der Waals surface area contributed by atoms with Crippen molar-refractivity contribution in [1.29, 1.82) is 0 Å². The summed E-state index contributed by atoms with van der Waals surface area (Å²) in [5.41, 5.74) is -0.253. The molecule has 0 saturated heterocycles. The number of halogens is 1. The number of nitrogens with zero attached hydrogens (tertiary/aromatic N) is 4. The first-order chi connectivity index (χ1) is 8.34. The van der Waals surface area contributed by atoms with Gasteiger partial charge in [-0.05, 0) is 22.9 Å². The van der Waals surface area contributed by atoms with Crippen LogP contribution in [0, 0.1) is 0 Å². The van der Waals surface area contributed by atoms with Gasteiger partial charge in [-0.1, -0.05) is 0 Å². The van der Waals surface area contributed by atoms with Crippen molar-refractivity contribution >= 4 is 27.1 Å². The lowest BCUT2D eigenvalue weighted by Gasteiger charge is -2.08.